The molecule has 2 atom stereocenters. The molecular formula is C20H26NO2+. The second-order valence-corrected chi connectivity index (χ2v) is 6.63. The van der Waals surface area contributed by atoms with Crippen molar-refractivity contribution in [2.45, 2.75) is 32.9 Å². The Morgan fingerprint density at radius 2 is 1.91 bits per heavy atom. The number of nitrogens with one attached hydrogen (secondary N) is 1. The largest absolute Gasteiger partial charge is 0.490 e. The van der Waals surface area contributed by atoms with Gasteiger partial charge in [-0.2, -0.15) is 0 Å². The monoisotopic (exact) mass is 312 g/mol. The Hall–Kier alpha value is -1.84. The van der Waals surface area contributed by atoms with Crippen LogP contribution in [0.4, 0.5) is 0 Å². The predicted octanol–water partition coefficient (Wildman–Crippen LogP) is 1.68. The lowest BCUT2D eigenvalue weighted by atomic mass is 10.00. The lowest BCUT2D eigenvalue weighted by Gasteiger charge is -2.27. The molecule has 0 aliphatic carbocycles. The van der Waals surface area contributed by atoms with Crippen LogP contribution < -0.4 is 9.64 Å². The molecule has 0 spiro atoms. The van der Waals surface area contributed by atoms with E-state index in [-0.39, 0.29) is 0 Å². The first-order valence-corrected chi connectivity index (χ1v) is 8.40. The van der Waals surface area contributed by atoms with Crippen molar-refractivity contribution in [2.24, 2.45) is 0 Å². The van der Waals surface area contributed by atoms with Gasteiger partial charge in [0.05, 0.1) is 6.54 Å². The van der Waals surface area contributed by atoms with Crippen LogP contribution in [0.1, 0.15) is 22.3 Å². The van der Waals surface area contributed by atoms with Crippen LogP contribution in [-0.2, 0) is 13.0 Å². The van der Waals surface area contributed by atoms with E-state index in [0.717, 1.165) is 37.4 Å². The van der Waals surface area contributed by atoms with E-state index in [1.54, 1.807) is 0 Å². The van der Waals surface area contributed by atoms with Gasteiger partial charge in [0.2, 0.25) is 0 Å². The number of aliphatic hydroxyl groups is 1. The van der Waals surface area contributed by atoms with Crippen LogP contribution in [0.25, 0.3) is 0 Å². The summed E-state index contributed by atoms with van der Waals surface area (Å²) in [5.74, 6) is 0.869. The zero-order chi connectivity index (χ0) is 16.2. The molecule has 23 heavy (non-hydrogen) atoms. The highest BCUT2D eigenvalue weighted by Crippen LogP contribution is 2.18. The Morgan fingerprint density at radius 3 is 2.70 bits per heavy atom. The van der Waals surface area contributed by atoms with Crippen LogP contribution in [0, 0.1) is 13.8 Å². The van der Waals surface area contributed by atoms with Gasteiger partial charge in [-0.1, -0.05) is 42.0 Å². The number of aliphatic hydroxyl groups excluding tert-OH is 1. The third kappa shape index (κ3) is 4.12. The summed E-state index contributed by atoms with van der Waals surface area (Å²) in [4.78, 5) is 1.43. The summed E-state index contributed by atoms with van der Waals surface area (Å²) in [7, 11) is 0. The van der Waals surface area contributed by atoms with Gasteiger partial charge in [-0.15, -0.1) is 0 Å². The Bertz CT molecular complexity index is 668. The predicted molar refractivity (Wildman–Crippen MR) is 92.0 cm³/mol. The van der Waals surface area contributed by atoms with Crippen molar-refractivity contribution in [3.63, 3.8) is 0 Å². The molecule has 2 aromatic rings. The van der Waals surface area contributed by atoms with Crippen LogP contribution in [-0.4, -0.2) is 30.9 Å². The van der Waals surface area contributed by atoms with E-state index in [1.165, 1.54) is 21.6 Å². The molecule has 0 saturated heterocycles. The van der Waals surface area contributed by atoms with Gasteiger partial charge in [0.25, 0.3) is 0 Å². The van der Waals surface area contributed by atoms with E-state index < -0.39 is 6.10 Å². The summed E-state index contributed by atoms with van der Waals surface area (Å²) in [6, 6.07) is 14.8. The van der Waals surface area contributed by atoms with Crippen LogP contribution in [0.3, 0.4) is 0 Å². The lowest BCUT2D eigenvalue weighted by Crippen LogP contribution is -3.13. The van der Waals surface area contributed by atoms with Gasteiger partial charge in [0, 0.05) is 12.0 Å². The fourth-order valence-electron chi connectivity index (χ4n) is 3.36. The zero-order valence-electron chi connectivity index (χ0n) is 14.0. The number of rotatable bonds is 5. The quantitative estimate of drug-likeness (QED) is 0.881. The van der Waals surface area contributed by atoms with Crippen LogP contribution in [0.15, 0.2) is 42.5 Å². The molecule has 3 nitrogen and oxygen atoms in total. The maximum atomic E-state index is 10.3. The fourth-order valence-corrected chi connectivity index (χ4v) is 3.36. The van der Waals surface area contributed by atoms with Gasteiger partial charge in [0.1, 0.15) is 31.5 Å². The van der Waals surface area contributed by atoms with E-state index in [1.807, 2.05) is 19.1 Å². The van der Waals surface area contributed by atoms with Crippen LogP contribution in [0.5, 0.6) is 5.75 Å². The molecule has 1 heterocycles. The maximum Gasteiger partial charge on any atom is 0.137 e. The van der Waals surface area contributed by atoms with Crippen molar-refractivity contribution in [3.05, 3.63) is 64.7 Å². The Morgan fingerprint density at radius 1 is 1.13 bits per heavy atom. The molecule has 2 N–H and O–H groups in total. The highest BCUT2D eigenvalue weighted by atomic mass is 16.5. The molecule has 0 aromatic heterocycles. The second kappa shape index (κ2) is 7.16. The van der Waals surface area contributed by atoms with Gasteiger partial charge in [-0.05, 0) is 31.0 Å². The van der Waals surface area contributed by atoms with E-state index in [2.05, 4.69) is 37.3 Å². The minimum absolute atomic E-state index is 0.356. The average Bonchev–Trinajstić information content (AvgIpc) is 2.54. The standard InChI is InChI=1S/C20H25NO2/c1-15-7-8-20(16(2)11-15)23-14-19(22)13-21-10-9-17-5-3-4-6-18(17)12-21/h3-8,11,19,22H,9-10,12-14H2,1-2H3/p+1/t19-/m0/s1. The van der Waals surface area contributed by atoms with Crippen molar-refractivity contribution in [1.82, 2.24) is 0 Å². The summed E-state index contributed by atoms with van der Waals surface area (Å²) in [6.45, 7) is 7.29. The molecule has 0 saturated carbocycles. The number of hydrogen-bond donors (Lipinski definition) is 2. The maximum absolute atomic E-state index is 10.3. The minimum atomic E-state index is -0.434. The van der Waals surface area contributed by atoms with Crippen LogP contribution >= 0.6 is 0 Å². The molecule has 0 radical (unpaired) electrons. The average molecular weight is 312 g/mol. The summed E-state index contributed by atoms with van der Waals surface area (Å²) < 4.78 is 5.80. The number of ether oxygens (including phenoxy) is 1. The summed E-state index contributed by atoms with van der Waals surface area (Å²) >= 11 is 0. The van der Waals surface area contributed by atoms with E-state index in [0.29, 0.717) is 6.61 Å². The number of aryl methyl sites for hydroxylation is 2. The Kier molecular flexibility index (Phi) is 4.99. The fraction of sp³-hybridized carbons (Fsp3) is 0.400. The SMILES string of the molecule is Cc1ccc(OC[C@@H](O)C[NH+]2CCc3ccccc3C2)c(C)c1. The normalized spacial score (nSPS) is 18.3. The van der Waals surface area contributed by atoms with Gasteiger partial charge >= 0.3 is 0 Å². The highest BCUT2D eigenvalue weighted by Gasteiger charge is 2.22. The molecule has 2 aromatic carbocycles. The van der Waals surface area contributed by atoms with Crippen molar-refractivity contribution >= 4 is 0 Å². The van der Waals surface area contributed by atoms with Crippen LogP contribution in [0.2, 0.25) is 0 Å². The minimum Gasteiger partial charge on any atom is -0.490 e. The Balaban J connectivity index is 1.51. The number of benzene rings is 2. The smallest absolute Gasteiger partial charge is 0.137 e. The zero-order valence-corrected chi connectivity index (χ0v) is 14.0. The third-order valence-corrected chi connectivity index (χ3v) is 4.59. The highest BCUT2D eigenvalue weighted by molar-refractivity contribution is 5.35. The van der Waals surface area contributed by atoms with Crippen molar-refractivity contribution in [1.29, 1.82) is 0 Å². The van der Waals surface area contributed by atoms with E-state index >= 15 is 0 Å². The van der Waals surface area contributed by atoms with Crippen molar-refractivity contribution in [2.75, 3.05) is 19.7 Å². The summed E-state index contributed by atoms with van der Waals surface area (Å²) in [5, 5.41) is 10.3. The number of hydrogen-bond acceptors (Lipinski definition) is 2. The lowest BCUT2D eigenvalue weighted by molar-refractivity contribution is -0.918. The molecule has 1 aliphatic rings. The molecule has 0 bridgehead atoms. The number of fused-ring (bicyclic) bond motifs is 1. The number of quaternary nitrogens is 1. The van der Waals surface area contributed by atoms with Gasteiger partial charge in [-0.25, -0.2) is 0 Å². The summed E-state index contributed by atoms with van der Waals surface area (Å²) in [6.07, 6.45) is 0.659. The van der Waals surface area contributed by atoms with Gasteiger partial charge in [-0.3, -0.25) is 0 Å². The molecule has 3 heteroatoms. The second-order valence-electron chi connectivity index (χ2n) is 6.63. The molecule has 0 fully saturated rings. The molecule has 1 unspecified atom stereocenters. The molecule has 1 aliphatic heterocycles. The van der Waals surface area contributed by atoms with E-state index in [4.69, 9.17) is 4.74 Å². The molecule has 3 rings (SSSR count). The molecular weight excluding hydrogens is 286 g/mol. The molecule has 0 amide bonds. The first-order chi connectivity index (χ1) is 11.1. The van der Waals surface area contributed by atoms with Crippen molar-refractivity contribution in [3.8, 4) is 5.75 Å². The Labute approximate surface area is 138 Å². The van der Waals surface area contributed by atoms with E-state index in [9.17, 15) is 5.11 Å². The third-order valence-electron chi connectivity index (χ3n) is 4.59. The van der Waals surface area contributed by atoms with Gasteiger partial charge < -0.3 is 14.7 Å². The topological polar surface area (TPSA) is 33.9 Å². The van der Waals surface area contributed by atoms with Gasteiger partial charge in [0.15, 0.2) is 0 Å². The first-order valence-electron chi connectivity index (χ1n) is 8.40. The summed E-state index contributed by atoms with van der Waals surface area (Å²) in [5.41, 5.74) is 5.22. The first kappa shape index (κ1) is 16.0. The molecule has 122 valence electrons. The van der Waals surface area contributed by atoms with Crippen molar-refractivity contribution < 1.29 is 14.7 Å².